The lowest BCUT2D eigenvalue weighted by molar-refractivity contribution is 0.412. The van der Waals surface area contributed by atoms with Gasteiger partial charge in [0.2, 0.25) is 0 Å². The van der Waals surface area contributed by atoms with Crippen LogP contribution in [-0.2, 0) is 0 Å². The maximum absolute atomic E-state index is 6.11. The van der Waals surface area contributed by atoms with Crippen molar-refractivity contribution in [2.24, 2.45) is 0 Å². The Kier molecular flexibility index (Phi) is 3.61. The molecule has 0 aliphatic heterocycles. The number of hydrogen-bond donors (Lipinski definition) is 1. The van der Waals surface area contributed by atoms with Gasteiger partial charge in [0, 0.05) is 11.1 Å². The quantitative estimate of drug-likeness (QED) is 0.729. The standard InChI is InChI=1S/C15H13ClN2O2S/c1-19-10-4-5-11-12(8-10)18(15(21)17-11)13-7-9(16)3-6-14(13)20-2/h3-8H,1-2H3,(H,17,21). The number of rotatable bonds is 3. The van der Waals surface area contributed by atoms with Crippen LogP contribution >= 0.6 is 23.8 Å². The molecule has 21 heavy (non-hydrogen) atoms. The highest BCUT2D eigenvalue weighted by Gasteiger charge is 2.12. The van der Waals surface area contributed by atoms with Gasteiger partial charge in [0.1, 0.15) is 11.5 Å². The van der Waals surface area contributed by atoms with Crippen LogP contribution < -0.4 is 9.47 Å². The summed E-state index contributed by atoms with van der Waals surface area (Å²) in [7, 11) is 3.25. The Morgan fingerprint density at radius 2 is 1.90 bits per heavy atom. The second-order valence-electron chi connectivity index (χ2n) is 4.46. The van der Waals surface area contributed by atoms with Gasteiger partial charge in [0.15, 0.2) is 4.77 Å². The molecular weight excluding hydrogens is 308 g/mol. The van der Waals surface area contributed by atoms with E-state index in [1.807, 2.05) is 34.9 Å². The molecule has 0 radical (unpaired) electrons. The molecule has 0 bridgehead atoms. The van der Waals surface area contributed by atoms with E-state index < -0.39 is 0 Å². The van der Waals surface area contributed by atoms with Crippen LogP contribution in [0.2, 0.25) is 5.02 Å². The van der Waals surface area contributed by atoms with Crippen LogP contribution in [-0.4, -0.2) is 23.8 Å². The third kappa shape index (κ3) is 2.39. The number of ether oxygens (including phenoxy) is 2. The van der Waals surface area contributed by atoms with E-state index in [-0.39, 0.29) is 0 Å². The van der Waals surface area contributed by atoms with Crippen molar-refractivity contribution in [1.29, 1.82) is 0 Å². The fraction of sp³-hybridized carbons (Fsp3) is 0.133. The molecule has 1 heterocycles. The Bertz CT molecular complexity index is 870. The molecular formula is C15H13ClN2O2S. The summed E-state index contributed by atoms with van der Waals surface area (Å²) in [4.78, 5) is 3.17. The third-order valence-corrected chi connectivity index (χ3v) is 3.79. The van der Waals surface area contributed by atoms with E-state index in [4.69, 9.17) is 33.3 Å². The first kappa shape index (κ1) is 14.0. The summed E-state index contributed by atoms with van der Waals surface area (Å²) in [6, 6.07) is 11.1. The number of halogens is 1. The molecule has 0 amide bonds. The molecule has 2 aromatic carbocycles. The van der Waals surface area contributed by atoms with Crippen molar-refractivity contribution in [2.75, 3.05) is 14.2 Å². The molecule has 108 valence electrons. The highest BCUT2D eigenvalue weighted by atomic mass is 35.5. The average molecular weight is 321 g/mol. The van der Waals surface area contributed by atoms with Gasteiger partial charge in [-0.3, -0.25) is 4.57 Å². The van der Waals surface area contributed by atoms with E-state index in [0.717, 1.165) is 22.5 Å². The van der Waals surface area contributed by atoms with Gasteiger partial charge in [-0.2, -0.15) is 0 Å². The molecule has 0 aliphatic carbocycles. The molecule has 0 aliphatic rings. The van der Waals surface area contributed by atoms with Crippen LogP contribution in [0, 0.1) is 4.77 Å². The van der Waals surface area contributed by atoms with Crippen LogP contribution in [0.25, 0.3) is 16.7 Å². The van der Waals surface area contributed by atoms with Crippen LogP contribution in [0.1, 0.15) is 0 Å². The number of hydrogen-bond acceptors (Lipinski definition) is 3. The second-order valence-corrected chi connectivity index (χ2v) is 5.29. The number of nitrogens with one attached hydrogen (secondary N) is 1. The summed E-state index contributed by atoms with van der Waals surface area (Å²) in [6.45, 7) is 0. The summed E-state index contributed by atoms with van der Waals surface area (Å²) in [5, 5.41) is 0.616. The van der Waals surface area contributed by atoms with Crippen molar-refractivity contribution in [3.05, 3.63) is 46.2 Å². The van der Waals surface area contributed by atoms with Gasteiger partial charge in [-0.1, -0.05) is 11.6 Å². The minimum Gasteiger partial charge on any atom is -0.497 e. The first-order valence-electron chi connectivity index (χ1n) is 6.26. The van der Waals surface area contributed by atoms with Gasteiger partial charge in [0.25, 0.3) is 0 Å². The van der Waals surface area contributed by atoms with Crippen LogP contribution in [0.4, 0.5) is 0 Å². The van der Waals surface area contributed by atoms with Crippen molar-refractivity contribution in [2.45, 2.75) is 0 Å². The lowest BCUT2D eigenvalue weighted by Crippen LogP contribution is -1.98. The lowest BCUT2D eigenvalue weighted by Gasteiger charge is -2.11. The van der Waals surface area contributed by atoms with Crippen molar-refractivity contribution in [1.82, 2.24) is 9.55 Å². The normalized spacial score (nSPS) is 10.8. The molecule has 0 spiro atoms. The second kappa shape index (κ2) is 5.42. The van der Waals surface area contributed by atoms with Crippen molar-refractivity contribution in [3.8, 4) is 17.2 Å². The zero-order valence-corrected chi connectivity index (χ0v) is 13.1. The molecule has 3 rings (SSSR count). The first-order chi connectivity index (χ1) is 10.1. The minimum atomic E-state index is 0.568. The average Bonchev–Trinajstić information content (AvgIpc) is 2.81. The number of imidazole rings is 1. The number of aromatic amines is 1. The number of benzene rings is 2. The summed E-state index contributed by atoms with van der Waals surface area (Å²) >= 11 is 11.5. The molecule has 1 N–H and O–H groups in total. The predicted molar refractivity (Wildman–Crippen MR) is 86.6 cm³/mol. The van der Waals surface area contributed by atoms with Crippen molar-refractivity contribution in [3.63, 3.8) is 0 Å². The fourth-order valence-electron chi connectivity index (χ4n) is 2.29. The zero-order chi connectivity index (χ0) is 15.0. The Morgan fingerprint density at radius 3 is 2.62 bits per heavy atom. The van der Waals surface area contributed by atoms with Gasteiger partial charge in [0.05, 0.1) is 30.9 Å². The summed E-state index contributed by atoms with van der Waals surface area (Å²) < 4.78 is 13.2. The molecule has 0 atom stereocenters. The highest BCUT2D eigenvalue weighted by molar-refractivity contribution is 7.71. The summed E-state index contributed by atoms with van der Waals surface area (Å²) in [5.74, 6) is 1.45. The van der Waals surface area contributed by atoms with Crippen molar-refractivity contribution < 1.29 is 9.47 Å². The first-order valence-corrected chi connectivity index (χ1v) is 7.05. The zero-order valence-electron chi connectivity index (χ0n) is 11.5. The molecule has 4 nitrogen and oxygen atoms in total. The molecule has 1 aromatic heterocycles. The van der Waals surface area contributed by atoms with E-state index in [0.29, 0.717) is 15.5 Å². The van der Waals surface area contributed by atoms with Gasteiger partial charge >= 0.3 is 0 Å². The van der Waals surface area contributed by atoms with E-state index in [1.54, 1.807) is 20.3 Å². The van der Waals surface area contributed by atoms with Crippen LogP contribution in [0.5, 0.6) is 11.5 Å². The molecule has 3 aromatic rings. The van der Waals surface area contributed by atoms with E-state index in [9.17, 15) is 0 Å². The van der Waals surface area contributed by atoms with E-state index in [1.165, 1.54) is 0 Å². The van der Waals surface area contributed by atoms with Gasteiger partial charge in [-0.25, -0.2) is 0 Å². The van der Waals surface area contributed by atoms with Gasteiger partial charge in [-0.15, -0.1) is 0 Å². The number of fused-ring (bicyclic) bond motifs is 1. The van der Waals surface area contributed by atoms with E-state index >= 15 is 0 Å². The molecule has 0 unspecified atom stereocenters. The Labute approximate surface area is 131 Å². The van der Waals surface area contributed by atoms with Gasteiger partial charge in [-0.05, 0) is 42.5 Å². The van der Waals surface area contributed by atoms with Crippen molar-refractivity contribution >= 4 is 34.9 Å². The largest absolute Gasteiger partial charge is 0.497 e. The SMILES string of the molecule is COc1ccc2[nH]c(=S)n(-c3cc(Cl)ccc3OC)c2c1. The third-order valence-electron chi connectivity index (χ3n) is 3.27. The number of aromatic nitrogens is 2. The molecule has 6 heteroatoms. The maximum atomic E-state index is 6.11. The van der Waals surface area contributed by atoms with E-state index in [2.05, 4.69) is 4.98 Å². The Morgan fingerprint density at radius 1 is 1.10 bits per heavy atom. The molecule has 0 saturated carbocycles. The smallest absolute Gasteiger partial charge is 0.182 e. The summed E-state index contributed by atoms with van der Waals surface area (Å²) in [5.41, 5.74) is 2.61. The monoisotopic (exact) mass is 320 g/mol. The number of nitrogens with zero attached hydrogens (tertiary/aromatic N) is 1. The maximum Gasteiger partial charge on any atom is 0.182 e. The predicted octanol–water partition coefficient (Wildman–Crippen LogP) is 4.36. The fourth-order valence-corrected chi connectivity index (χ4v) is 2.76. The lowest BCUT2D eigenvalue weighted by atomic mass is 10.2. The van der Waals surface area contributed by atoms with Crippen LogP contribution in [0.3, 0.4) is 0 Å². The number of H-pyrrole nitrogens is 1. The Hall–Kier alpha value is -1.98. The molecule has 0 saturated heterocycles. The summed E-state index contributed by atoms with van der Waals surface area (Å²) in [6.07, 6.45) is 0. The number of methoxy groups -OCH3 is 2. The topological polar surface area (TPSA) is 39.2 Å². The Balaban J connectivity index is 2.36. The highest BCUT2D eigenvalue weighted by Crippen LogP contribution is 2.31. The molecule has 0 fully saturated rings. The minimum absolute atomic E-state index is 0.568. The van der Waals surface area contributed by atoms with Crippen LogP contribution in [0.15, 0.2) is 36.4 Å². The van der Waals surface area contributed by atoms with Gasteiger partial charge < -0.3 is 14.5 Å².